The summed E-state index contributed by atoms with van der Waals surface area (Å²) in [6.07, 6.45) is 1.66. The van der Waals surface area contributed by atoms with Gasteiger partial charge in [0.1, 0.15) is 10.6 Å². The van der Waals surface area contributed by atoms with Crippen molar-refractivity contribution < 1.29 is 17.9 Å². The summed E-state index contributed by atoms with van der Waals surface area (Å²) in [4.78, 5) is 12.9. The van der Waals surface area contributed by atoms with Crippen LogP contribution in [-0.4, -0.2) is 38.1 Å². The number of rotatable bonds is 7. The van der Waals surface area contributed by atoms with Gasteiger partial charge in [-0.05, 0) is 89.9 Å². The van der Waals surface area contributed by atoms with E-state index in [1.807, 2.05) is 0 Å². The lowest BCUT2D eigenvalue weighted by Gasteiger charge is -2.46. The fourth-order valence-electron chi connectivity index (χ4n) is 4.56. The average molecular weight is 539 g/mol. The van der Waals surface area contributed by atoms with Gasteiger partial charge in [-0.1, -0.05) is 15.9 Å². The Hall–Kier alpha value is -2.10. The number of carbonyl (C=O) groups is 1. The van der Waals surface area contributed by atoms with Gasteiger partial charge in [0.2, 0.25) is 0 Å². The summed E-state index contributed by atoms with van der Waals surface area (Å²) < 4.78 is 34.6. The molecule has 3 rings (SSSR count). The summed E-state index contributed by atoms with van der Waals surface area (Å²) in [5, 5.41) is 6.73. The van der Waals surface area contributed by atoms with Crippen LogP contribution in [0.3, 0.4) is 0 Å². The standard InChI is InChI=1S/C24H32BrN3O4S/c1-6-32-20-12-9-17(25)13-21(20)33(30,31)27-18-10-7-16(8-11-18)22(29)26-19-14-23(2,3)28-24(4,5)15-19/h7-13,19,27-28H,6,14-15H2,1-5H3,(H,26,29). The predicted octanol–water partition coefficient (Wildman–Crippen LogP) is 4.69. The number of hydrogen-bond acceptors (Lipinski definition) is 5. The van der Waals surface area contributed by atoms with Crippen molar-refractivity contribution in [1.29, 1.82) is 0 Å². The van der Waals surface area contributed by atoms with E-state index in [-0.39, 0.29) is 33.7 Å². The smallest absolute Gasteiger partial charge is 0.265 e. The molecule has 9 heteroatoms. The zero-order chi connectivity index (χ0) is 24.4. The molecule has 0 spiro atoms. The lowest BCUT2D eigenvalue weighted by atomic mass is 9.79. The van der Waals surface area contributed by atoms with E-state index in [2.05, 4.69) is 59.0 Å². The molecule has 0 atom stereocenters. The molecular formula is C24H32BrN3O4S. The molecule has 0 radical (unpaired) electrons. The first-order chi connectivity index (χ1) is 15.3. The van der Waals surface area contributed by atoms with Gasteiger partial charge in [-0.15, -0.1) is 0 Å². The van der Waals surface area contributed by atoms with Gasteiger partial charge in [-0.3, -0.25) is 9.52 Å². The Morgan fingerprint density at radius 2 is 1.70 bits per heavy atom. The third kappa shape index (κ3) is 6.71. The minimum absolute atomic E-state index is 0.0386. The van der Waals surface area contributed by atoms with Crippen LogP contribution in [0.1, 0.15) is 57.8 Å². The number of halogens is 1. The fourth-order valence-corrected chi connectivity index (χ4v) is 6.30. The van der Waals surface area contributed by atoms with Gasteiger partial charge in [0.05, 0.1) is 6.61 Å². The van der Waals surface area contributed by atoms with Crippen LogP contribution in [0, 0.1) is 0 Å². The SMILES string of the molecule is CCOc1ccc(Br)cc1S(=O)(=O)Nc1ccc(C(=O)NC2CC(C)(C)NC(C)(C)C2)cc1. The fraction of sp³-hybridized carbons (Fsp3) is 0.458. The summed E-state index contributed by atoms with van der Waals surface area (Å²) in [5.74, 6) is 0.102. The molecule has 1 saturated heterocycles. The van der Waals surface area contributed by atoms with E-state index in [1.54, 1.807) is 43.3 Å². The maximum atomic E-state index is 13.0. The van der Waals surface area contributed by atoms with Gasteiger partial charge in [-0.25, -0.2) is 8.42 Å². The van der Waals surface area contributed by atoms with Crippen molar-refractivity contribution in [3.05, 3.63) is 52.5 Å². The van der Waals surface area contributed by atoms with E-state index in [1.165, 1.54) is 6.07 Å². The summed E-state index contributed by atoms with van der Waals surface area (Å²) in [7, 11) is -3.88. The third-order valence-electron chi connectivity index (χ3n) is 5.42. The van der Waals surface area contributed by atoms with Crippen LogP contribution in [-0.2, 0) is 10.0 Å². The topological polar surface area (TPSA) is 96.5 Å². The Morgan fingerprint density at radius 1 is 1.09 bits per heavy atom. The summed E-state index contributed by atoms with van der Waals surface area (Å²) in [6.45, 7) is 10.7. The highest BCUT2D eigenvalue weighted by Gasteiger charge is 2.38. The minimum atomic E-state index is -3.88. The first-order valence-electron chi connectivity index (χ1n) is 11.0. The molecule has 1 fully saturated rings. The molecule has 7 nitrogen and oxygen atoms in total. The Morgan fingerprint density at radius 3 is 2.27 bits per heavy atom. The molecule has 180 valence electrons. The van der Waals surface area contributed by atoms with Crippen LogP contribution < -0.4 is 20.1 Å². The van der Waals surface area contributed by atoms with E-state index in [0.29, 0.717) is 22.3 Å². The number of nitrogens with one attached hydrogen (secondary N) is 3. The first kappa shape index (κ1) is 25.5. The maximum absolute atomic E-state index is 13.0. The summed E-state index contributed by atoms with van der Waals surface area (Å²) >= 11 is 3.31. The lowest BCUT2D eigenvalue weighted by Crippen LogP contribution is -2.62. The molecule has 1 aliphatic heterocycles. The number of anilines is 1. The highest BCUT2D eigenvalue weighted by atomic mass is 79.9. The van der Waals surface area contributed by atoms with Crippen LogP contribution in [0.25, 0.3) is 0 Å². The highest BCUT2D eigenvalue weighted by molar-refractivity contribution is 9.10. The largest absolute Gasteiger partial charge is 0.492 e. The van der Waals surface area contributed by atoms with Crippen LogP contribution in [0.4, 0.5) is 5.69 Å². The minimum Gasteiger partial charge on any atom is -0.492 e. The van der Waals surface area contributed by atoms with Crippen molar-refractivity contribution in [2.75, 3.05) is 11.3 Å². The van der Waals surface area contributed by atoms with Crippen LogP contribution in [0.2, 0.25) is 0 Å². The van der Waals surface area contributed by atoms with Crippen molar-refractivity contribution in [3.63, 3.8) is 0 Å². The van der Waals surface area contributed by atoms with Crippen LogP contribution in [0.5, 0.6) is 5.75 Å². The predicted molar refractivity (Wildman–Crippen MR) is 134 cm³/mol. The van der Waals surface area contributed by atoms with E-state index < -0.39 is 10.0 Å². The van der Waals surface area contributed by atoms with Gasteiger partial charge >= 0.3 is 0 Å². The second-order valence-electron chi connectivity index (χ2n) is 9.68. The Labute approximate surface area is 204 Å². The first-order valence-corrected chi connectivity index (χ1v) is 13.2. The molecule has 0 saturated carbocycles. The highest BCUT2D eigenvalue weighted by Crippen LogP contribution is 2.30. The van der Waals surface area contributed by atoms with Gasteiger partial charge in [0.25, 0.3) is 15.9 Å². The molecule has 2 aromatic rings. The van der Waals surface area contributed by atoms with E-state index in [0.717, 1.165) is 12.8 Å². The number of ether oxygens (including phenoxy) is 1. The zero-order valence-corrected chi connectivity index (χ0v) is 22.1. The summed E-state index contributed by atoms with van der Waals surface area (Å²) in [5.41, 5.74) is 0.686. The molecule has 1 heterocycles. The van der Waals surface area contributed by atoms with Crippen molar-refractivity contribution in [2.45, 2.75) is 69.5 Å². The molecule has 0 unspecified atom stereocenters. The molecular weight excluding hydrogens is 506 g/mol. The Balaban J connectivity index is 1.72. The lowest BCUT2D eigenvalue weighted by molar-refractivity contribution is 0.0873. The molecule has 3 N–H and O–H groups in total. The van der Waals surface area contributed by atoms with Gasteiger partial charge < -0.3 is 15.4 Å². The monoisotopic (exact) mass is 537 g/mol. The second kappa shape index (κ2) is 9.64. The van der Waals surface area contributed by atoms with Crippen molar-refractivity contribution in [3.8, 4) is 5.75 Å². The summed E-state index contributed by atoms with van der Waals surface area (Å²) in [6, 6.07) is 11.3. The number of carbonyl (C=O) groups excluding carboxylic acids is 1. The van der Waals surface area contributed by atoms with Gasteiger partial charge in [-0.2, -0.15) is 0 Å². The number of amides is 1. The molecule has 1 amide bonds. The van der Waals surface area contributed by atoms with Crippen LogP contribution in [0.15, 0.2) is 51.8 Å². The molecule has 2 aromatic carbocycles. The normalized spacial score (nSPS) is 17.9. The van der Waals surface area contributed by atoms with Gasteiger partial charge in [0.15, 0.2) is 0 Å². The van der Waals surface area contributed by atoms with Gasteiger partial charge in [0, 0.05) is 32.8 Å². The molecule has 1 aliphatic rings. The Bertz CT molecular complexity index is 1100. The quantitative estimate of drug-likeness (QED) is 0.476. The number of sulfonamides is 1. The van der Waals surface area contributed by atoms with E-state index >= 15 is 0 Å². The molecule has 0 aliphatic carbocycles. The average Bonchev–Trinajstić information content (AvgIpc) is 2.67. The molecule has 33 heavy (non-hydrogen) atoms. The van der Waals surface area contributed by atoms with E-state index in [9.17, 15) is 13.2 Å². The van der Waals surface area contributed by atoms with Crippen molar-refractivity contribution in [1.82, 2.24) is 10.6 Å². The molecule has 0 bridgehead atoms. The number of piperidine rings is 1. The Kier molecular flexibility index (Phi) is 7.45. The molecule has 0 aromatic heterocycles. The zero-order valence-electron chi connectivity index (χ0n) is 19.7. The van der Waals surface area contributed by atoms with E-state index in [4.69, 9.17) is 4.74 Å². The third-order valence-corrected chi connectivity index (χ3v) is 7.32. The number of benzene rings is 2. The van der Waals surface area contributed by atoms with Crippen LogP contribution >= 0.6 is 15.9 Å². The van der Waals surface area contributed by atoms with Crippen molar-refractivity contribution >= 4 is 37.5 Å². The van der Waals surface area contributed by atoms with Crippen molar-refractivity contribution in [2.24, 2.45) is 0 Å². The maximum Gasteiger partial charge on any atom is 0.265 e. The second-order valence-corrected chi connectivity index (χ2v) is 12.2. The number of hydrogen-bond donors (Lipinski definition) is 3.